The summed E-state index contributed by atoms with van der Waals surface area (Å²) in [5.74, 6) is -3.36. The number of benzene rings is 1. The van der Waals surface area contributed by atoms with E-state index in [4.69, 9.17) is 0 Å². The molecule has 0 saturated heterocycles. The summed E-state index contributed by atoms with van der Waals surface area (Å²) in [6, 6.07) is 3.36. The van der Waals surface area contributed by atoms with Crippen LogP contribution in [0.4, 0.5) is 19.0 Å². The van der Waals surface area contributed by atoms with Crippen molar-refractivity contribution in [2.45, 2.75) is 6.92 Å². The summed E-state index contributed by atoms with van der Waals surface area (Å²) in [4.78, 5) is 7.96. The highest BCUT2D eigenvalue weighted by Gasteiger charge is 2.13. The molecule has 6 heteroatoms. The van der Waals surface area contributed by atoms with E-state index in [0.29, 0.717) is 12.4 Å². The van der Waals surface area contributed by atoms with Crippen molar-refractivity contribution in [1.29, 1.82) is 0 Å². The number of hydrogen-bond acceptors (Lipinski definition) is 3. The van der Waals surface area contributed by atoms with E-state index in [9.17, 15) is 13.2 Å². The van der Waals surface area contributed by atoms with Crippen molar-refractivity contribution in [3.05, 3.63) is 41.8 Å². The molecule has 3 nitrogen and oxygen atoms in total. The molecule has 0 spiro atoms. The Bertz CT molecular complexity index is 549. The molecule has 0 saturated carbocycles. The molecule has 1 aromatic carbocycles. The van der Waals surface area contributed by atoms with Gasteiger partial charge >= 0.3 is 0 Å². The van der Waals surface area contributed by atoms with E-state index in [1.165, 1.54) is 6.20 Å². The lowest BCUT2D eigenvalue weighted by molar-refractivity contribution is 0.447. The number of nitrogens with one attached hydrogen (secondary N) is 1. The largest absolute Gasteiger partial charge is 0.370 e. The molecule has 18 heavy (non-hydrogen) atoms. The lowest BCUT2D eigenvalue weighted by Crippen LogP contribution is -2.01. The molecule has 1 aromatic heterocycles. The number of rotatable bonds is 3. The summed E-state index contributed by atoms with van der Waals surface area (Å²) in [6.45, 7) is 2.54. The summed E-state index contributed by atoms with van der Waals surface area (Å²) in [5.41, 5.74) is 0.0890. The van der Waals surface area contributed by atoms with Gasteiger partial charge in [-0.1, -0.05) is 0 Å². The maximum Gasteiger partial charge on any atom is 0.194 e. The second kappa shape index (κ2) is 5.03. The lowest BCUT2D eigenvalue weighted by atomic mass is 10.2. The lowest BCUT2D eigenvalue weighted by Gasteiger charge is -2.05. The Labute approximate surface area is 102 Å². The molecule has 2 aromatic rings. The Morgan fingerprint density at radius 3 is 2.44 bits per heavy atom. The fraction of sp³-hybridized carbons (Fsp3) is 0.167. The highest BCUT2D eigenvalue weighted by Crippen LogP contribution is 2.21. The second-order valence-electron chi connectivity index (χ2n) is 3.55. The molecule has 0 fully saturated rings. The predicted octanol–water partition coefficient (Wildman–Crippen LogP) is 2.99. The third kappa shape index (κ3) is 2.42. The van der Waals surface area contributed by atoms with Gasteiger partial charge in [-0.05, 0) is 25.1 Å². The fourth-order valence-electron chi connectivity index (χ4n) is 1.46. The first kappa shape index (κ1) is 12.3. The zero-order valence-corrected chi connectivity index (χ0v) is 9.54. The normalized spacial score (nSPS) is 10.4. The van der Waals surface area contributed by atoms with E-state index in [2.05, 4.69) is 15.3 Å². The smallest absolute Gasteiger partial charge is 0.194 e. The van der Waals surface area contributed by atoms with Gasteiger partial charge in [-0.3, -0.25) is 0 Å². The maximum absolute atomic E-state index is 13.1. The van der Waals surface area contributed by atoms with Crippen molar-refractivity contribution in [2.24, 2.45) is 0 Å². The zero-order valence-electron chi connectivity index (χ0n) is 9.54. The molecule has 0 amide bonds. The minimum Gasteiger partial charge on any atom is -0.370 e. The van der Waals surface area contributed by atoms with Crippen LogP contribution in [-0.4, -0.2) is 16.5 Å². The van der Waals surface area contributed by atoms with Gasteiger partial charge in [0.25, 0.3) is 0 Å². The van der Waals surface area contributed by atoms with Crippen LogP contribution in [0.5, 0.6) is 0 Å². The summed E-state index contributed by atoms with van der Waals surface area (Å²) >= 11 is 0. The average Bonchev–Trinajstić information content (AvgIpc) is 2.36. The highest BCUT2D eigenvalue weighted by molar-refractivity contribution is 5.57. The first-order valence-electron chi connectivity index (χ1n) is 5.33. The van der Waals surface area contributed by atoms with Crippen molar-refractivity contribution in [3.63, 3.8) is 0 Å². The van der Waals surface area contributed by atoms with Gasteiger partial charge in [-0.2, -0.15) is 0 Å². The minimum atomic E-state index is -1.50. The van der Waals surface area contributed by atoms with Crippen LogP contribution in [0.2, 0.25) is 0 Å². The van der Waals surface area contributed by atoms with Gasteiger partial charge < -0.3 is 5.32 Å². The molecule has 0 aliphatic carbocycles. The number of anilines is 1. The van der Waals surface area contributed by atoms with Crippen LogP contribution in [0.15, 0.2) is 24.4 Å². The quantitative estimate of drug-likeness (QED) is 0.854. The molecule has 0 unspecified atom stereocenters. The van der Waals surface area contributed by atoms with Crippen LogP contribution in [0, 0.1) is 17.5 Å². The molecule has 0 radical (unpaired) electrons. The molecule has 0 atom stereocenters. The Morgan fingerprint density at radius 2 is 1.83 bits per heavy atom. The standard InChI is InChI=1S/C12H10F3N3/c1-2-16-10-3-4-17-12(18-10)7-5-8(13)11(15)9(14)6-7/h3-6H,2H2,1H3,(H,16,17,18). The molecule has 0 aliphatic heterocycles. The first-order valence-corrected chi connectivity index (χ1v) is 5.33. The van der Waals surface area contributed by atoms with E-state index >= 15 is 0 Å². The summed E-state index contributed by atoms with van der Waals surface area (Å²) < 4.78 is 39.0. The van der Waals surface area contributed by atoms with Crippen LogP contribution in [0.25, 0.3) is 11.4 Å². The number of aromatic nitrogens is 2. The Morgan fingerprint density at radius 1 is 1.17 bits per heavy atom. The predicted molar refractivity (Wildman–Crippen MR) is 61.5 cm³/mol. The Hall–Kier alpha value is -2.11. The number of halogens is 3. The van der Waals surface area contributed by atoms with Gasteiger partial charge in [-0.15, -0.1) is 0 Å². The van der Waals surface area contributed by atoms with Crippen molar-refractivity contribution in [2.75, 3.05) is 11.9 Å². The third-order valence-electron chi connectivity index (χ3n) is 2.26. The first-order chi connectivity index (χ1) is 8.61. The van der Waals surface area contributed by atoms with E-state index in [-0.39, 0.29) is 11.4 Å². The average molecular weight is 253 g/mol. The van der Waals surface area contributed by atoms with E-state index in [1.807, 2.05) is 6.92 Å². The van der Waals surface area contributed by atoms with E-state index in [1.54, 1.807) is 6.07 Å². The monoisotopic (exact) mass is 253 g/mol. The van der Waals surface area contributed by atoms with Crippen LogP contribution >= 0.6 is 0 Å². The van der Waals surface area contributed by atoms with Crippen molar-refractivity contribution in [3.8, 4) is 11.4 Å². The van der Waals surface area contributed by atoms with Crippen molar-refractivity contribution < 1.29 is 13.2 Å². The van der Waals surface area contributed by atoms with Crippen molar-refractivity contribution >= 4 is 5.82 Å². The fourth-order valence-corrected chi connectivity index (χ4v) is 1.46. The molecule has 0 aliphatic rings. The second-order valence-corrected chi connectivity index (χ2v) is 3.55. The molecular formula is C12H10F3N3. The Kier molecular flexibility index (Phi) is 3.45. The van der Waals surface area contributed by atoms with Crippen LogP contribution in [-0.2, 0) is 0 Å². The van der Waals surface area contributed by atoms with Gasteiger partial charge in [0.1, 0.15) is 5.82 Å². The number of nitrogens with zero attached hydrogens (tertiary/aromatic N) is 2. The summed E-state index contributed by atoms with van der Waals surface area (Å²) in [7, 11) is 0. The van der Waals surface area contributed by atoms with Gasteiger partial charge in [0.15, 0.2) is 23.3 Å². The van der Waals surface area contributed by atoms with Gasteiger partial charge in [0, 0.05) is 18.3 Å². The minimum absolute atomic E-state index is 0.0890. The third-order valence-corrected chi connectivity index (χ3v) is 2.26. The van der Waals surface area contributed by atoms with Crippen LogP contribution < -0.4 is 5.32 Å². The summed E-state index contributed by atoms with van der Waals surface area (Å²) in [5, 5.41) is 2.95. The molecule has 0 bridgehead atoms. The molecular weight excluding hydrogens is 243 g/mol. The SMILES string of the molecule is CCNc1ccnc(-c2cc(F)c(F)c(F)c2)n1. The highest BCUT2D eigenvalue weighted by atomic mass is 19.2. The van der Waals surface area contributed by atoms with Gasteiger partial charge in [-0.25, -0.2) is 23.1 Å². The van der Waals surface area contributed by atoms with E-state index in [0.717, 1.165) is 12.1 Å². The molecule has 2 rings (SSSR count). The Balaban J connectivity index is 2.45. The topological polar surface area (TPSA) is 37.8 Å². The van der Waals surface area contributed by atoms with Gasteiger partial charge in [0.05, 0.1) is 0 Å². The maximum atomic E-state index is 13.1. The van der Waals surface area contributed by atoms with Gasteiger partial charge in [0.2, 0.25) is 0 Å². The van der Waals surface area contributed by atoms with Crippen molar-refractivity contribution in [1.82, 2.24) is 9.97 Å². The number of hydrogen-bond donors (Lipinski definition) is 1. The molecule has 1 heterocycles. The molecule has 1 N–H and O–H groups in total. The summed E-state index contributed by atoms with van der Waals surface area (Å²) in [6.07, 6.45) is 1.46. The van der Waals surface area contributed by atoms with E-state index < -0.39 is 17.5 Å². The van der Waals surface area contributed by atoms with Crippen LogP contribution in [0.1, 0.15) is 6.92 Å². The zero-order chi connectivity index (χ0) is 13.1. The molecule has 94 valence electrons. The van der Waals surface area contributed by atoms with Crippen LogP contribution in [0.3, 0.4) is 0 Å².